The normalized spacial score (nSPS) is 14.8. The Bertz CT molecular complexity index is 512. The third-order valence-electron chi connectivity index (χ3n) is 2.68. The van der Waals surface area contributed by atoms with Crippen molar-refractivity contribution < 1.29 is 17.4 Å². The topological polar surface area (TPSA) is 86.5 Å². The zero-order valence-electron chi connectivity index (χ0n) is 10.4. The predicted molar refractivity (Wildman–Crippen MR) is 68.2 cm³/mol. The Kier molecular flexibility index (Phi) is 4.48. The van der Waals surface area contributed by atoms with E-state index < -0.39 is 21.6 Å². The van der Waals surface area contributed by atoms with Crippen LogP contribution in [-0.4, -0.2) is 20.6 Å². The molecule has 0 saturated heterocycles. The number of rotatable bonds is 5. The van der Waals surface area contributed by atoms with E-state index in [0.717, 1.165) is 11.8 Å². The molecule has 0 aliphatic carbocycles. The molecule has 6 heteroatoms. The monoisotopic (exact) mass is 271 g/mol. The summed E-state index contributed by atoms with van der Waals surface area (Å²) in [6, 6.07) is 9.08. The van der Waals surface area contributed by atoms with Crippen LogP contribution in [0.5, 0.6) is 0 Å². The molecule has 0 aliphatic rings. The van der Waals surface area contributed by atoms with Gasteiger partial charge in [0.05, 0.1) is 18.2 Å². The molecule has 0 spiro atoms. The number of nitrogens with two attached hydrogens (primary N) is 1. The van der Waals surface area contributed by atoms with Crippen LogP contribution in [-0.2, 0) is 24.6 Å². The van der Waals surface area contributed by atoms with Gasteiger partial charge in [0.2, 0.25) is 0 Å². The van der Waals surface area contributed by atoms with Gasteiger partial charge in [-0.15, -0.1) is 0 Å². The second kappa shape index (κ2) is 5.49. The second-order valence-electron chi connectivity index (χ2n) is 4.21. The maximum atomic E-state index is 11.5. The fraction of sp³-hybridized carbons (Fsp3) is 0.417. The smallest absolute Gasteiger partial charge is 0.324 e. The molecule has 18 heavy (non-hydrogen) atoms. The molecule has 0 aromatic heterocycles. The number of carbonyl (C=O) groups excluding carboxylic acids is 1. The Morgan fingerprint density at radius 1 is 1.33 bits per heavy atom. The van der Waals surface area contributed by atoms with E-state index in [4.69, 9.17) is 5.73 Å². The number of hydrogen-bond acceptors (Lipinski definition) is 5. The first kappa shape index (κ1) is 14.7. The van der Waals surface area contributed by atoms with Gasteiger partial charge in [-0.05, 0) is 12.0 Å². The third-order valence-corrected chi connectivity index (χ3v) is 3.17. The van der Waals surface area contributed by atoms with Crippen molar-refractivity contribution in [3.8, 4) is 0 Å². The quantitative estimate of drug-likeness (QED) is 0.812. The van der Waals surface area contributed by atoms with E-state index >= 15 is 0 Å². The van der Waals surface area contributed by atoms with Crippen molar-refractivity contribution in [2.45, 2.75) is 25.3 Å². The van der Waals surface area contributed by atoms with Crippen molar-refractivity contribution in [1.29, 1.82) is 0 Å². The van der Waals surface area contributed by atoms with Crippen LogP contribution in [0, 0.1) is 0 Å². The molecule has 0 bridgehead atoms. The van der Waals surface area contributed by atoms with Gasteiger partial charge in [-0.25, -0.2) is 0 Å². The summed E-state index contributed by atoms with van der Waals surface area (Å²) in [6.45, 7) is 1.83. The van der Waals surface area contributed by atoms with Crippen LogP contribution < -0.4 is 5.73 Å². The Hall–Kier alpha value is -1.40. The van der Waals surface area contributed by atoms with Gasteiger partial charge in [-0.2, -0.15) is 8.42 Å². The summed E-state index contributed by atoms with van der Waals surface area (Å²) in [5.74, 6) is -0.842. The highest BCUT2D eigenvalue weighted by atomic mass is 32.2. The van der Waals surface area contributed by atoms with Crippen LogP contribution in [0.2, 0.25) is 0 Å². The Balaban J connectivity index is 2.88. The molecule has 0 aliphatic heterocycles. The molecule has 100 valence electrons. The first-order chi connectivity index (χ1) is 8.27. The van der Waals surface area contributed by atoms with E-state index in [9.17, 15) is 13.2 Å². The minimum absolute atomic E-state index is 0.180. The molecule has 1 aromatic carbocycles. The third kappa shape index (κ3) is 4.12. The molecule has 0 saturated carbocycles. The summed E-state index contributed by atoms with van der Waals surface area (Å²) >= 11 is 0. The summed E-state index contributed by atoms with van der Waals surface area (Å²) in [4.78, 5) is 11.5. The SMILES string of the molecule is CC[C@](N)(CC(=O)OS(C)(=O)=O)c1ccccc1. The molecule has 2 N–H and O–H groups in total. The molecule has 0 unspecified atom stereocenters. The van der Waals surface area contributed by atoms with Crippen LogP contribution >= 0.6 is 0 Å². The van der Waals surface area contributed by atoms with Crippen molar-refractivity contribution in [1.82, 2.24) is 0 Å². The molecule has 1 atom stereocenters. The number of hydrogen-bond donors (Lipinski definition) is 1. The highest BCUT2D eigenvalue weighted by Gasteiger charge is 2.30. The van der Waals surface area contributed by atoms with Crippen LogP contribution in [0.4, 0.5) is 0 Å². The summed E-state index contributed by atoms with van der Waals surface area (Å²) in [6.07, 6.45) is 1.15. The van der Waals surface area contributed by atoms with Crippen molar-refractivity contribution >= 4 is 16.1 Å². The van der Waals surface area contributed by atoms with Gasteiger partial charge in [0, 0.05) is 0 Å². The molecule has 0 amide bonds. The summed E-state index contributed by atoms with van der Waals surface area (Å²) < 4.78 is 26.0. The molecular formula is C12H17NO4S. The lowest BCUT2D eigenvalue weighted by Crippen LogP contribution is -2.39. The van der Waals surface area contributed by atoms with Gasteiger partial charge in [0.15, 0.2) is 0 Å². The highest BCUT2D eigenvalue weighted by molar-refractivity contribution is 7.86. The minimum atomic E-state index is -3.79. The van der Waals surface area contributed by atoms with Crippen LogP contribution in [0.25, 0.3) is 0 Å². The highest BCUT2D eigenvalue weighted by Crippen LogP contribution is 2.26. The van der Waals surface area contributed by atoms with Gasteiger partial charge in [0.1, 0.15) is 0 Å². The maximum Gasteiger partial charge on any atom is 0.324 e. The standard InChI is InChI=1S/C12H17NO4S/c1-3-12(13,10-7-5-4-6-8-10)9-11(14)17-18(2,15)16/h4-8H,3,9,13H2,1-2H3/t12-/m0/s1. The summed E-state index contributed by atoms with van der Waals surface area (Å²) in [5, 5.41) is 0. The Labute approximate surface area is 107 Å². The fourth-order valence-corrected chi connectivity index (χ4v) is 2.05. The molecule has 0 radical (unpaired) electrons. The minimum Gasteiger partial charge on any atom is -0.346 e. The zero-order chi connectivity index (χ0) is 13.8. The van der Waals surface area contributed by atoms with Gasteiger partial charge in [0.25, 0.3) is 0 Å². The molecule has 0 fully saturated rings. The molecular weight excluding hydrogens is 254 g/mol. The van der Waals surface area contributed by atoms with Crippen LogP contribution in [0.15, 0.2) is 30.3 Å². The zero-order valence-corrected chi connectivity index (χ0v) is 11.2. The lowest BCUT2D eigenvalue weighted by Gasteiger charge is -2.27. The number of benzene rings is 1. The van der Waals surface area contributed by atoms with Crippen molar-refractivity contribution in [2.75, 3.05) is 6.26 Å². The molecule has 5 nitrogen and oxygen atoms in total. The van der Waals surface area contributed by atoms with Gasteiger partial charge in [-0.3, -0.25) is 4.79 Å². The summed E-state index contributed by atoms with van der Waals surface area (Å²) in [5.41, 5.74) is 6.00. The van der Waals surface area contributed by atoms with E-state index in [0.29, 0.717) is 6.42 Å². The lowest BCUT2D eigenvalue weighted by molar-refractivity contribution is -0.135. The first-order valence-electron chi connectivity index (χ1n) is 5.53. The lowest BCUT2D eigenvalue weighted by atomic mass is 9.85. The van der Waals surface area contributed by atoms with E-state index in [1.165, 1.54) is 0 Å². The molecule has 1 aromatic rings. The van der Waals surface area contributed by atoms with E-state index in [2.05, 4.69) is 4.18 Å². The summed E-state index contributed by atoms with van der Waals surface area (Å²) in [7, 11) is -3.79. The van der Waals surface area contributed by atoms with Crippen molar-refractivity contribution in [2.24, 2.45) is 5.73 Å². The Morgan fingerprint density at radius 3 is 2.33 bits per heavy atom. The van der Waals surface area contributed by atoms with Crippen LogP contribution in [0.1, 0.15) is 25.3 Å². The largest absolute Gasteiger partial charge is 0.346 e. The van der Waals surface area contributed by atoms with E-state index in [-0.39, 0.29) is 6.42 Å². The van der Waals surface area contributed by atoms with Gasteiger partial charge in [-0.1, -0.05) is 37.3 Å². The van der Waals surface area contributed by atoms with Gasteiger partial charge >= 0.3 is 16.1 Å². The Morgan fingerprint density at radius 2 is 1.89 bits per heavy atom. The first-order valence-corrected chi connectivity index (χ1v) is 7.35. The van der Waals surface area contributed by atoms with E-state index in [1.807, 2.05) is 25.1 Å². The van der Waals surface area contributed by atoms with Gasteiger partial charge < -0.3 is 9.92 Å². The fourth-order valence-electron chi connectivity index (χ4n) is 1.66. The second-order valence-corrected chi connectivity index (χ2v) is 5.79. The predicted octanol–water partition coefficient (Wildman–Crippen LogP) is 1.14. The van der Waals surface area contributed by atoms with Crippen molar-refractivity contribution in [3.63, 3.8) is 0 Å². The number of carbonyl (C=O) groups is 1. The average molecular weight is 271 g/mol. The van der Waals surface area contributed by atoms with Crippen LogP contribution in [0.3, 0.4) is 0 Å². The average Bonchev–Trinajstić information content (AvgIpc) is 2.27. The molecule has 1 rings (SSSR count). The van der Waals surface area contributed by atoms with Crippen molar-refractivity contribution in [3.05, 3.63) is 35.9 Å². The molecule has 0 heterocycles. The van der Waals surface area contributed by atoms with E-state index in [1.54, 1.807) is 12.1 Å². The maximum absolute atomic E-state index is 11.5.